The monoisotopic (exact) mass is 424 g/mol. The zero-order valence-corrected chi connectivity index (χ0v) is 19.1. The van der Waals surface area contributed by atoms with E-state index in [1.165, 1.54) is 13.2 Å². The normalized spacial score (nSPS) is 25.0. The average molecular weight is 425 g/mol. The Labute approximate surface area is 181 Å². The minimum Gasteiger partial charge on any atom is -0.466 e. The fourth-order valence-corrected chi connectivity index (χ4v) is 4.47. The van der Waals surface area contributed by atoms with Gasteiger partial charge in [-0.15, -0.1) is 0 Å². The number of aliphatic hydroxyl groups is 1. The summed E-state index contributed by atoms with van der Waals surface area (Å²) in [5, 5.41) is 10.7. The van der Waals surface area contributed by atoms with Crippen LogP contribution < -0.4 is 0 Å². The molecule has 0 radical (unpaired) electrons. The summed E-state index contributed by atoms with van der Waals surface area (Å²) < 4.78 is 22.0. The SMILES string of the molecule is COCCC(C)(C)C(O)/C=C/[C@H]1CCC2(OCCO2)[C@@H]1CCCC/C=C/C(=O)OC. The largest absolute Gasteiger partial charge is 0.466 e. The molecule has 0 aromatic heterocycles. The highest BCUT2D eigenvalue weighted by Crippen LogP contribution is 2.49. The van der Waals surface area contributed by atoms with Gasteiger partial charge in [-0.05, 0) is 43.4 Å². The number of carbonyl (C=O) groups is 1. The topological polar surface area (TPSA) is 74.2 Å². The molecule has 0 aromatic carbocycles. The highest BCUT2D eigenvalue weighted by Gasteiger charge is 2.51. The van der Waals surface area contributed by atoms with Crippen LogP contribution in [-0.4, -0.2) is 57.0 Å². The van der Waals surface area contributed by atoms with Gasteiger partial charge in [0.25, 0.3) is 0 Å². The third-order valence-electron chi connectivity index (χ3n) is 6.57. The van der Waals surface area contributed by atoms with E-state index in [1.807, 2.05) is 12.2 Å². The van der Waals surface area contributed by atoms with Crippen LogP contribution in [0.5, 0.6) is 0 Å². The molecule has 172 valence electrons. The van der Waals surface area contributed by atoms with Gasteiger partial charge in [0, 0.05) is 32.1 Å². The van der Waals surface area contributed by atoms with Gasteiger partial charge in [-0.3, -0.25) is 0 Å². The summed E-state index contributed by atoms with van der Waals surface area (Å²) in [7, 11) is 3.07. The summed E-state index contributed by atoms with van der Waals surface area (Å²) in [5.74, 6) is -0.153. The van der Waals surface area contributed by atoms with Crippen molar-refractivity contribution in [1.29, 1.82) is 0 Å². The van der Waals surface area contributed by atoms with Crippen molar-refractivity contribution in [3.8, 4) is 0 Å². The Morgan fingerprint density at radius 3 is 2.67 bits per heavy atom. The van der Waals surface area contributed by atoms with E-state index >= 15 is 0 Å². The molecule has 0 aromatic rings. The van der Waals surface area contributed by atoms with E-state index in [4.69, 9.17) is 14.2 Å². The molecule has 2 rings (SSSR count). The standard InChI is InChI=1S/C24H40O6/c1-23(2,15-16-27-3)21(25)12-11-19-13-14-24(29-17-18-30-24)20(19)9-7-5-6-8-10-22(26)28-4/h8,10-12,19-21,25H,5-7,9,13-18H2,1-4H3/b10-8+,12-11+/t19-,20+,21?/m0/s1. The average Bonchev–Trinajstić information content (AvgIpc) is 3.34. The molecule has 1 unspecified atom stereocenters. The molecule has 0 amide bonds. The summed E-state index contributed by atoms with van der Waals surface area (Å²) in [6.45, 7) is 6.08. The van der Waals surface area contributed by atoms with Crippen LogP contribution in [0.2, 0.25) is 0 Å². The Hall–Kier alpha value is -1.21. The van der Waals surface area contributed by atoms with Gasteiger partial charge in [0.15, 0.2) is 5.79 Å². The zero-order chi connectivity index (χ0) is 22.0. The highest BCUT2D eigenvalue weighted by molar-refractivity contribution is 5.81. The number of allylic oxidation sites excluding steroid dienone is 2. The van der Waals surface area contributed by atoms with Crippen molar-refractivity contribution >= 4 is 5.97 Å². The molecule has 1 saturated heterocycles. The Morgan fingerprint density at radius 1 is 1.27 bits per heavy atom. The maximum atomic E-state index is 11.1. The van der Waals surface area contributed by atoms with Crippen molar-refractivity contribution in [3.05, 3.63) is 24.3 Å². The minimum atomic E-state index is -0.515. The van der Waals surface area contributed by atoms with E-state index in [1.54, 1.807) is 7.11 Å². The maximum absolute atomic E-state index is 11.1. The molecule has 2 aliphatic rings. The quantitative estimate of drug-likeness (QED) is 0.221. The van der Waals surface area contributed by atoms with Crippen LogP contribution in [-0.2, 0) is 23.7 Å². The second-order valence-corrected chi connectivity index (χ2v) is 9.09. The van der Waals surface area contributed by atoms with Gasteiger partial charge in [-0.1, -0.05) is 38.5 Å². The van der Waals surface area contributed by atoms with Crippen LogP contribution in [0.3, 0.4) is 0 Å². The van der Waals surface area contributed by atoms with Gasteiger partial charge in [-0.25, -0.2) is 4.79 Å². The van der Waals surface area contributed by atoms with Crippen molar-refractivity contribution < 1.29 is 28.8 Å². The predicted molar refractivity (Wildman–Crippen MR) is 116 cm³/mol. The van der Waals surface area contributed by atoms with E-state index < -0.39 is 11.9 Å². The molecule has 6 nitrogen and oxygen atoms in total. The predicted octanol–water partition coefficient (Wildman–Crippen LogP) is 4.03. The Balaban J connectivity index is 1.93. The lowest BCUT2D eigenvalue weighted by molar-refractivity contribution is -0.186. The molecule has 0 bridgehead atoms. The van der Waals surface area contributed by atoms with Crippen molar-refractivity contribution in [3.63, 3.8) is 0 Å². The molecule has 2 fully saturated rings. The summed E-state index contributed by atoms with van der Waals surface area (Å²) in [4.78, 5) is 11.1. The van der Waals surface area contributed by atoms with E-state index in [9.17, 15) is 9.90 Å². The first-order chi connectivity index (χ1) is 14.3. The van der Waals surface area contributed by atoms with Gasteiger partial charge in [0.05, 0.1) is 26.4 Å². The molecule has 6 heteroatoms. The first-order valence-corrected chi connectivity index (χ1v) is 11.2. The van der Waals surface area contributed by atoms with E-state index in [0.29, 0.717) is 25.7 Å². The summed E-state index contributed by atoms with van der Waals surface area (Å²) >= 11 is 0. The van der Waals surface area contributed by atoms with Crippen LogP contribution in [0, 0.1) is 17.3 Å². The number of methoxy groups -OCH3 is 2. The first-order valence-electron chi connectivity index (χ1n) is 11.2. The molecule has 1 spiro atoms. The lowest BCUT2D eigenvalue weighted by Crippen LogP contribution is -2.36. The molecular formula is C24H40O6. The van der Waals surface area contributed by atoms with Gasteiger partial charge < -0.3 is 24.1 Å². The second kappa shape index (κ2) is 12.0. The van der Waals surface area contributed by atoms with Crippen molar-refractivity contribution in [2.24, 2.45) is 17.3 Å². The zero-order valence-electron chi connectivity index (χ0n) is 19.1. The molecule has 1 heterocycles. The Kier molecular flexibility index (Phi) is 10.0. The number of rotatable bonds is 12. The molecule has 3 atom stereocenters. The van der Waals surface area contributed by atoms with Crippen LogP contribution in [0.25, 0.3) is 0 Å². The van der Waals surface area contributed by atoms with Gasteiger partial charge >= 0.3 is 5.97 Å². The van der Waals surface area contributed by atoms with E-state index in [2.05, 4.69) is 24.7 Å². The molecule has 1 N–H and O–H groups in total. The third-order valence-corrected chi connectivity index (χ3v) is 6.57. The van der Waals surface area contributed by atoms with E-state index in [0.717, 1.165) is 44.9 Å². The fourth-order valence-electron chi connectivity index (χ4n) is 4.47. The van der Waals surface area contributed by atoms with Crippen molar-refractivity contribution in [2.45, 2.75) is 70.7 Å². The smallest absolute Gasteiger partial charge is 0.330 e. The number of hydrogen-bond donors (Lipinski definition) is 1. The van der Waals surface area contributed by atoms with Crippen LogP contribution in [0.15, 0.2) is 24.3 Å². The lowest BCUT2D eigenvalue weighted by Gasteiger charge is -2.32. The molecule has 30 heavy (non-hydrogen) atoms. The minimum absolute atomic E-state index is 0.232. The number of unbranched alkanes of at least 4 members (excludes halogenated alkanes) is 2. The summed E-state index contributed by atoms with van der Waals surface area (Å²) in [5.41, 5.74) is -0.232. The number of carbonyl (C=O) groups excluding carboxylic acids is 1. The molecule has 1 aliphatic heterocycles. The van der Waals surface area contributed by atoms with Gasteiger partial charge in [0.2, 0.25) is 0 Å². The number of aliphatic hydroxyl groups excluding tert-OH is 1. The lowest BCUT2D eigenvalue weighted by atomic mass is 9.81. The first kappa shape index (κ1) is 25.1. The van der Waals surface area contributed by atoms with Crippen molar-refractivity contribution in [1.82, 2.24) is 0 Å². The maximum Gasteiger partial charge on any atom is 0.330 e. The number of esters is 1. The highest BCUT2D eigenvalue weighted by atomic mass is 16.7. The van der Waals surface area contributed by atoms with Crippen LogP contribution in [0.4, 0.5) is 0 Å². The van der Waals surface area contributed by atoms with Gasteiger partial charge in [-0.2, -0.15) is 0 Å². The van der Waals surface area contributed by atoms with E-state index in [-0.39, 0.29) is 17.3 Å². The number of hydrogen-bond acceptors (Lipinski definition) is 6. The Morgan fingerprint density at radius 2 is 2.00 bits per heavy atom. The number of ether oxygens (including phenoxy) is 4. The molecular weight excluding hydrogens is 384 g/mol. The summed E-state index contributed by atoms with van der Waals surface area (Å²) in [6.07, 6.45) is 13.6. The fraction of sp³-hybridized carbons (Fsp3) is 0.792. The molecule has 1 saturated carbocycles. The molecule has 1 aliphatic carbocycles. The Bertz CT molecular complexity index is 576. The van der Waals surface area contributed by atoms with Crippen molar-refractivity contribution in [2.75, 3.05) is 34.0 Å². The van der Waals surface area contributed by atoms with Crippen LogP contribution >= 0.6 is 0 Å². The summed E-state index contributed by atoms with van der Waals surface area (Å²) in [6, 6.07) is 0. The van der Waals surface area contributed by atoms with Gasteiger partial charge in [0.1, 0.15) is 0 Å². The van der Waals surface area contributed by atoms with Crippen LogP contribution in [0.1, 0.15) is 58.8 Å². The third kappa shape index (κ3) is 6.91. The second-order valence-electron chi connectivity index (χ2n) is 9.09.